The Kier molecular flexibility index (Phi) is 4.33. The van der Waals surface area contributed by atoms with Crippen LogP contribution in [-0.2, 0) is 0 Å². The Bertz CT molecular complexity index is 394. The van der Waals surface area contributed by atoms with Gasteiger partial charge in [-0.1, -0.05) is 6.92 Å². The first-order valence-corrected chi connectivity index (χ1v) is 6.49. The molecular weight excluding hydrogens is 230 g/mol. The van der Waals surface area contributed by atoms with E-state index in [0.29, 0.717) is 18.2 Å². The van der Waals surface area contributed by atoms with Gasteiger partial charge in [0.1, 0.15) is 17.5 Å². The Morgan fingerprint density at radius 1 is 1.44 bits per heavy atom. The van der Waals surface area contributed by atoms with E-state index >= 15 is 0 Å². The molecule has 0 amide bonds. The summed E-state index contributed by atoms with van der Waals surface area (Å²) in [5.74, 6) is 8.17. The van der Waals surface area contributed by atoms with E-state index in [-0.39, 0.29) is 12.6 Å². The van der Waals surface area contributed by atoms with Gasteiger partial charge in [-0.2, -0.15) is 0 Å². The maximum atomic E-state index is 8.99. The molecule has 1 atom stereocenters. The zero-order valence-electron chi connectivity index (χ0n) is 10.7. The lowest BCUT2D eigenvalue weighted by atomic mass is 10.1. The van der Waals surface area contributed by atoms with Crippen molar-refractivity contribution < 1.29 is 5.11 Å². The van der Waals surface area contributed by atoms with Gasteiger partial charge in [0.2, 0.25) is 0 Å². The number of hydrogen-bond acceptors (Lipinski definition) is 6. The smallest absolute Gasteiger partial charge is 0.145 e. The molecular formula is C12H21N5O. The van der Waals surface area contributed by atoms with Gasteiger partial charge >= 0.3 is 0 Å². The minimum atomic E-state index is 0.175. The van der Waals surface area contributed by atoms with Gasteiger partial charge in [-0.05, 0) is 25.7 Å². The number of aromatic nitrogens is 2. The number of nitrogen functional groups attached to an aromatic ring is 1. The topological polar surface area (TPSA) is 96.1 Å². The number of aliphatic hydroxyl groups is 1. The van der Waals surface area contributed by atoms with Crippen molar-refractivity contribution in [3.8, 4) is 0 Å². The summed E-state index contributed by atoms with van der Waals surface area (Å²) in [4.78, 5) is 8.87. The molecule has 0 bridgehead atoms. The molecule has 1 aliphatic rings. The van der Waals surface area contributed by atoms with Crippen molar-refractivity contribution in [2.75, 3.05) is 17.3 Å². The van der Waals surface area contributed by atoms with Gasteiger partial charge in [-0.15, -0.1) is 0 Å². The van der Waals surface area contributed by atoms with Crippen LogP contribution in [0, 0.1) is 0 Å². The van der Waals surface area contributed by atoms with Crippen LogP contribution in [0.25, 0.3) is 0 Å². The zero-order valence-corrected chi connectivity index (χ0v) is 10.7. The van der Waals surface area contributed by atoms with Gasteiger partial charge < -0.3 is 15.8 Å². The summed E-state index contributed by atoms with van der Waals surface area (Å²) in [6.45, 7) is 2.26. The van der Waals surface area contributed by atoms with E-state index in [9.17, 15) is 0 Å². The monoisotopic (exact) mass is 251 g/mol. The van der Waals surface area contributed by atoms with Crippen molar-refractivity contribution in [2.24, 2.45) is 5.84 Å². The van der Waals surface area contributed by atoms with Crippen LogP contribution < -0.4 is 16.6 Å². The normalized spacial score (nSPS) is 16.4. The standard InChI is InChI=1S/C12H21N5O/c1-2-9(5-6-18)14-10-7-11(17-13)16-12(15-10)8-3-4-8/h7-9,18H,2-6,13H2,1H3,(H2,14,15,16,17). The van der Waals surface area contributed by atoms with E-state index in [1.54, 1.807) is 6.07 Å². The van der Waals surface area contributed by atoms with Gasteiger partial charge in [0.25, 0.3) is 0 Å². The molecule has 0 radical (unpaired) electrons. The molecule has 1 fully saturated rings. The predicted octanol–water partition coefficient (Wildman–Crippen LogP) is 1.21. The Morgan fingerprint density at radius 2 is 2.17 bits per heavy atom. The van der Waals surface area contributed by atoms with Crippen molar-refractivity contribution in [2.45, 2.75) is 44.6 Å². The number of nitrogens with two attached hydrogens (primary N) is 1. The van der Waals surface area contributed by atoms with Gasteiger partial charge in [0.05, 0.1) is 0 Å². The number of anilines is 2. The highest BCUT2D eigenvalue weighted by molar-refractivity contribution is 5.48. The highest BCUT2D eigenvalue weighted by Gasteiger charge is 2.27. The molecule has 1 aromatic rings. The second kappa shape index (κ2) is 5.97. The molecule has 1 unspecified atom stereocenters. The number of nitrogens with zero attached hydrogens (tertiary/aromatic N) is 2. The summed E-state index contributed by atoms with van der Waals surface area (Å²) in [6, 6.07) is 2.02. The van der Waals surface area contributed by atoms with Gasteiger partial charge in [-0.3, -0.25) is 0 Å². The number of hydrogen-bond donors (Lipinski definition) is 4. The first-order valence-electron chi connectivity index (χ1n) is 6.49. The van der Waals surface area contributed by atoms with Crippen molar-refractivity contribution in [1.29, 1.82) is 0 Å². The molecule has 5 N–H and O–H groups in total. The summed E-state index contributed by atoms with van der Waals surface area (Å²) >= 11 is 0. The summed E-state index contributed by atoms with van der Waals surface area (Å²) in [5, 5.41) is 12.3. The molecule has 0 spiro atoms. The van der Waals surface area contributed by atoms with Crippen LogP contribution in [0.1, 0.15) is 44.3 Å². The Hall–Kier alpha value is -1.40. The molecule has 6 heteroatoms. The third kappa shape index (κ3) is 3.30. The van der Waals surface area contributed by atoms with Crippen molar-refractivity contribution in [3.05, 3.63) is 11.9 Å². The minimum Gasteiger partial charge on any atom is -0.396 e. The Morgan fingerprint density at radius 3 is 2.72 bits per heavy atom. The molecule has 1 aliphatic carbocycles. The second-order valence-corrected chi connectivity index (χ2v) is 4.68. The minimum absolute atomic E-state index is 0.175. The SMILES string of the molecule is CCC(CCO)Nc1cc(NN)nc(C2CC2)n1. The first-order chi connectivity index (χ1) is 8.76. The summed E-state index contributed by atoms with van der Waals surface area (Å²) in [6.07, 6.45) is 3.96. The van der Waals surface area contributed by atoms with Crippen LogP contribution in [0.3, 0.4) is 0 Å². The van der Waals surface area contributed by atoms with Crippen LogP contribution in [0.4, 0.5) is 11.6 Å². The molecule has 100 valence electrons. The first kappa shape index (κ1) is 13.0. The van der Waals surface area contributed by atoms with E-state index in [0.717, 1.165) is 30.9 Å². The quantitative estimate of drug-likeness (QED) is 0.430. The summed E-state index contributed by atoms with van der Waals surface area (Å²) < 4.78 is 0. The molecule has 0 aliphatic heterocycles. The highest BCUT2D eigenvalue weighted by atomic mass is 16.3. The van der Waals surface area contributed by atoms with E-state index in [4.69, 9.17) is 10.9 Å². The summed E-state index contributed by atoms with van der Waals surface area (Å²) in [5.41, 5.74) is 2.57. The van der Waals surface area contributed by atoms with Crippen molar-refractivity contribution in [3.63, 3.8) is 0 Å². The highest BCUT2D eigenvalue weighted by Crippen LogP contribution is 2.38. The molecule has 2 rings (SSSR count). The molecule has 1 aromatic heterocycles. The number of nitrogens with one attached hydrogen (secondary N) is 2. The predicted molar refractivity (Wildman–Crippen MR) is 71.2 cm³/mol. The van der Waals surface area contributed by atoms with Gasteiger partial charge in [0, 0.05) is 24.6 Å². The molecule has 6 nitrogen and oxygen atoms in total. The van der Waals surface area contributed by atoms with Crippen LogP contribution in [0.15, 0.2) is 6.07 Å². The second-order valence-electron chi connectivity index (χ2n) is 4.68. The fraction of sp³-hybridized carbons (Fsp3) is 0.667. The molecule has 18 heavy (non-hydrogen) atoms. The number of aliphatic hydroxyl groups excluding tert-OH is 1. The van der Waals surface area contributed by atoms with Crippen LogP contribution in [0.5, 0.6) is 0 Å². The van der Waals surface area contributed by atoms with E-state index < -0.39 is 0 Å². The van der Waals surface area contributed by atoms with E-state index in [1.807, 2.05) is 0 Å². The van der Waals surface area contributed by atoms with Gasteiger partial charge in [0.15, 0.2) is 0 Å². The van der Waals surface area contributed by atoms with Crippen LogP contribution in [0.2, 0.25) is 0 Å². The average molecular weight is 251 g/mol. The lowest BCUT2D eigenvalue weighted by Gasteiger charge is -2.17. The third-order valence-corrected chi connectivity index (χ3v) is 3.16. The fourth-order valence-electron chi connectivity index (χ4n) is 1.88. The molecule has 0 aromatic carbocycles. The summed E-state index contributed by atoms with van der Waals surface area (Å²) in [7, 11) is 0. The lowest BCUT2D eigenvalue weighted by Crippen LogP contribution is -2.21. The van der Waals surface area contributed by atoms with Crippen molar-refractivity contribution in [1.82, 2.24) is 9.97 Å². The Labute approximate surface area is 107 Å². The number of hydrazine groups is 1. The molecule has 0 saturated heterocycles. The van der Waals surface area contributed by atoms with Crippen LogP contribution >= 0.6 is 0 Å². The van der Waals surface area contributed by atoms with Gasteiger partial charge in [-0.25, -0.2) is 15.8 Å². The Balaban J connectivity index is 2.12. The fourth-order valence-corrected chi connectivity index (χ4v) is 1.88. The average Bonchev–Trinajstić information content (AvgIpc) is 3.22. The number of rotatable bonds is 7. The van der Waals surface area contributed by atoms with Crippen LogP contribution in [-0.4, -0.2) is 27.7 Å². The lowest BCUT2D eigenvalue weighted by molar-refractivity contribution is 0.278. The van der Waals surface area contributed by atoms with Crippen molar-refractivity contribution >= 4 is 11.6 Å². The van der Waals surface area contributed by atoms with E-state index in [1.165, 1.54) is 0 Å². The van der Waals surface area contributed by atoms with E-state index in [2.05, 4.69) is 27.6 Å². The zero-order chi connectivity index (χ0) is 13.0. The largest absolute Gasteiger partial charge is 0.396 e. The maximum Gasteiger partial charge on any atom is 0.145 e. The molecule has 1 saturated carbocycles. The maximum absolute atomic E-state index is 8.99. The third-order valence-electron chi connectivity index (χ3n) is 3.16. The molecule has 1 heterocycles.